The van der Waals surface area contributed by atoms with Crippen LogP contribution >= 0.6 is 11.3 Å². The quantitative estimate of drug-likeness (QED) is 0.747. The van der Waals surface area contributed by atoms with E-state index in [1.807, 2.05) is 17.5 Å². The molecule has 3 rings (SSSR count). The van der Waals surface area contributed by atoms with E-state index in [4.69, 9.17) is 9.52 Å². The predicted octanol–water partition coefficient (Wildman–Crippen LogP) is 0.973. The molecule has 0 atom stereocenters. The van der Waals surface area contributed by atoms with E-state index in [9.17, 15) is 0 Å². The smallest absolute Gasteiger partial charge is 0.257 e. The van der Waals surface area contributed by atoms with E-state index in [1.54, 1.807) is 22.2 Å². The van der Waals surface area contributed by atoms with Gasteiger partial charge >= 0.3 is 0 Å². The molecule has 8 heteroatoms. The normalized spacial score (nSPS) is 11.0. The van der Waals surface area contributed by atoms with Crippen molar-refractivity contribution in [3.05, 3.63) is 35.3 Å². The van der Waals surface area contributed by atoms with Crippen molar-refractivity contribution >= 4 is 11.3 Å². The number of aliphatic hydroxyl groups is 1. The second-order valence-corrected chi connectivity index (χ2v) is 4.81. The molecule has 0 saturated heterocycles. The van der Waals surface area contributed by atoms with Crippen LogP contribution in [0.25, 0.3) is 10.8 Å². The Morgan fingerprint density at radius 1 is 1.32 bits per heavy atom. The molecule has 0 amide bonds. The number of aromatic nitrogens is 5. The predicted molar refractivity (Wildman–Crippen MR) is 67.5 cm³/mol. The van der Waals surface area contributed by atoms with Crippen molar-refractivity contribution in [2.75, 3.05) is 6.61 Å². The molecule has 0 bridgehead atoms. The second kappa shape index (κ2) is 5.29. The van der Waals surface area contributed by atoms with E-state index >= 15 is 0 Å². The van der Waals surface area contributed by atoms with Gasteiger partial charge in [0.05, 0.1) is 10.6 Å². The van der Waals surface area contributed by atoms with Gasteiger partial charge in [0.25, 0.3) is 5.89 Å². The van der Waals surface area contributed by atoms with E-state index < -0.39 is 0 Å². The molecule has 0 aliphatic heterocycles. The van der Waals surface area contributed by atoms with Crippen LogP contribution in [0, 0.1) is 0 Å². The maximum atomic E-state index is 8.81. The summed E-state index contributed by atoms with van der Waals surface area (Å²) in [5.41, 5.74) is 0.737. The molecule has 3 aromatic rings. The van der Waals surface area contributed by atoms with Gasteiger partial charge in [-0.15, -0.1) is 26.6 Å². The van der Waals surface area contributed by atoms with Crippen LogP contribution in [-0.2, 0) is 13.0 Å². The highest BCUT2D eigenvalue weighted by Crippen LogP contribution is 2.22. The molecule has 3 aromatic heterocycles. The summed E-state index contributed by atoms with van der Waals surface area (Å²) in [5.74, 6) is 0.990. The maximum absolute atomic E-state index is 8.81. The first kappa shape index (κ1) is 12.0. The Balaban J connectivity index is 1.72. The number of hydrogen-bond acceptors (Lipinski definition) is 7. The summed E-state index contributed by atoms with van der Waals surface area (Å²) in [6, 6.07) is 3.86. The number of thiophene rings is 1. The van der Waals surface area contributed by atoms with E-state index in [-0.39, 0.29) is 6.61 Å². The summed E-state index contributed by atoms with van der Waals surface area (Å²) in [6.07, 6.45) is 2.25. The number of rotatable bonds is 5. The van der Waals surface area contributed by atoms with Gasteiger partial charge in [-0.05, 0) is 11.4 Å². The van der Waals surface area contributed by atoms with E-state index in [2.05, 4.69) is 20.5 Å². The van der Waals surface area contributed by atoms with Crippen LogP contribution in [0.4, 0.5) is 0 Å². The first-order valence-corrected chi connectivity index (χ1v) is 6.59. The molecule has 0 aromatic carbocycles. The fourth-order valence-corrected chi connectivity index (χ4v) is 2.25. The molecule has 0 aliphatic carbocycles. The highest BCUT2D eigenvalue weighted by molar-refractivity contribution is 7.13. The number of aliphatic hydroxyl groups excluding tert-OH is 1. The summed E-state index contributed by atoms with van der Waals surface area (Å²) >= 11 is 1.55. The largest absolute Gasteiger partial charge is 0.418 e. The third-order valence-electron chi connectivity index (χ3n) is 2.45. The van der Waals surface area contributed by atoms with Crippen LogP contribution in [0.15, 0.2) is 28.1 Å². The number of nitrogens with zero attached hydrogens (tertiary/aromatic N) is 5. The number of hydrogen-bond donors (Lipinski definition) is 1. The highest BCUT2D eigenvalue weighted by Gasteiger charge is 2.10. The lowest BCUT2D eigenvalue weighted by atomic mass is 10.3. The lowest BCUT2D eigenvalue weighted by molar-refractivity contribution is 0.298. The average molecular weight is 277 g/mol. The molecule has 0 saturated carbocycles. The molecular weight excluding hydrogens is 266 g/mol. The fourth-order valence-electron chi connectivity index (χ4n) is 1.60. The Hall–Kier alpha value is -2.06. The van der Waals surface area contributed by atoms with Crippen molar-refractivity contribution in [2.24, 2.45) is 0 Å². The van der Waals surface area contributed by atoms with Crippen LogP contribution < -0.4 is 0 Å². The van der Waals surface area contributed by atoms with Gasteiger partial charge in [-0.1, -0.05) is 11.3 Å². The molecule has 98 valence electrons. The Morgan fingerprint density at radius 3 is 3.05 bits per heavy atom. The molecule has 0 unspecified atom stereocenters. The SMILES string of the molecule is OCCc1cn(Cc2nnc(-c3cccs3)o2)nn1. The Kier molecular flexibility index (Phi) is 3.34. The van der Waals surface area contributed by atoms with Gasteiger partial charge in [0.1, 0.15) is 6.54 Å². The van der Waals surface area contributed by atoms with Gasteiger partial charge in [0, 0.05) is 19.2 Å². The third-order valence-corrected chi connectivity index (χ3v) is 3.31. The van der Waals surface area contributed by atoms with Crippen LogP contribution in [0.2, 0.25) is 0 Å². The van der Waals surface area contributed by atoms with Gasteiger partial charge in [0.15, 0.2) is 0 Å². The fraction of sp³-hybridized carbons (Fsp3) is 0.273. The van der Waals surface area contributed by atoms with Crippen LogP contribution in [0.3, 0.4) is 0 Å². The summed E-state index contributed by atoms with van der Waals surface area (Å²) < 4.78 is 7.16. The van der Waals surface area contributed by atoms with Crippen LogP contribution in [0.1, 0.15) is 11.6 Å². The molecule has 0 radical (unpaired) electrons. The molecule has 0 aliphatic rings. The van der Waals surface area contributed by atoms with E-state index in [0.717, 1.165) is 10.6 Å². The minimum Gasteiger partial charge on any atom is -0.418 e. The summed E-state index contributed by atoms with van der Waals surface area (Å²) in [7, 11) is 0. The van der Waals surface area contributed by atoms with Crippen molar-refractivity contribution in [1.29, 1.82) is 0 Å². The van der Waals surface area contributed by atoms with E-state index in [0.29, 0.717) is 24.7 Å². The van der Waals surface area contributed by atoms with Crippen molar-refractivity contribution in [1.82, 2.24) is 25.2 Å². The average Bonchev–Trinajstić information content (AvgIpc) is 3.10. The minimum absolute atomic E-state index is 0.0573. The van der Waals surface area contributed by atoms with Crippen molar-refractivity contribution in [3.63, 3.8) is 0 Å². The van der Waals surface area contributed by atoms with Crippen LogP contribution in [-0.4, -0.2) is 36.9 Å². The molecule has 0 spiro atoms. The third kappa shape index (κ3) is 2.69. The summed E-state index contributed by atoms with van der Waals surface area (Å²) in [4.78, 5) is 0.943. The van der Waals surface area contributed by atoms with Crippen molar-refractivity contribution in [2.45, 2.75) is 13.0 Å². The lowest BCUT2D eigenvalue weighted by Gasteiger charge is -1.93. The first-order chi connectivity index (χ1) is 9.35. The van der Waals surface area contributed by atoms with Gasteiger partial charge in [-0.2, -0.15) is 0 Å². The topological polar surface area (TPSA) is 89.9 Å². The molecule has 0 fully saturated rings. The van der Waals surface area contributed by atoms with Crippen molar-refractivity contribution < 1.29 is 9.52 Å². The molecule has 1 N–H and O–H groups in total. The standard InChI is InChI=1S/C11H11N5O2S/c17-4-3-8-6-16(15-12-8)7-10-13-14-11(18-10)9-2-1-5-19-9/h1-2,5-6,17H,3-4,7H2. The maximum Gasteiger partial charge on any atom is 0.257 e. The van der Waals surface area contributed by atoms with Gasteiger partial charge in [0.2, 0.25) is 5.89 Å². The van der Waals surface area contributed by atoms with Crippen molar-refractivity contribution in [3.8, 4) is 10.8 Å². The molecule has 7 nitrogen and oxygen atoms in total. The Morgan fingerprint density at radius 2 is 2.26 bits per heavy atom. The summed E-state index contributed by atoms with van der Waals surface area (Å²) in [5, 5.41) is 26.6. The van der Waals surface area contributed by atoms with E-state index in [1.165, 1.54) is 0 Å². The van der Waals surface area contributed by atoms with Gasteiger partial charge < -0.3 is 9.52 Å². The minimum atomic E-state index is 0.0573. The highest BCUT2D eigenvalue weighted by atomic mass is 32.1. The molecule has 19 heavy (non-hydrogen) atoms. The summed E-state index contributed by atoms with van der Waals surface area (Å²) in [6.45, 7) is 0.429. The zero-order valence-electron chi connectivity index (χ0n) is 9.93. The van der Waals surface area contributed by atoms with Crippen LogP contribution in [0.5, 0.6) is 0 Å². The second-order valence-electron chi connectivity index (χ2n) is 3.86. The molecular formula is C11H11N5O2S. The van der Waals surface area contributed by atoms with Gasteiger partial charge in [-0.25, -0.2) is 4.68 Å². The molecule has 3 heterocycles. The van der Waals surface area contributed by atoms with Gasteiger partial charge in [-0.3, -0.25) is 0 Å². The Bertz CT molecular complexity index is 646. The monoisotopic (exact) mass is 277 g/mol. The zero-order chi connectivity index (χ0) is 13.1. The zero-order valence-corrected chi connectivity index (χ0v) is 10.7. The first-order valence-electron chi connectivity index (χ1n) is 5.71. The Labute approximate surface area is 112 Å². The lowest BCUT2D eigenvalue weighted by Crippen LogP contribution is -2.00.